The summed E-state index contributed by atoms with van der Waals surface area (Å²) < 4.78 is 5.14. The summed E-state index contributed by atoms with van der Waals surface area (Å²) in [6, 6.07) is 4.90. The van der Waals surface area contributed by atoms with E-state index in [1.54, 1.807) is 25.3 Å². The van der Waals surface area contributed by atoms with Gasteiger partial charge in [0.25, 0.3) is 0 Å². The van der Waals surface area contributed by atoms with Gasteiger partial charge in [0.2, 0.25) is 0 Å². The molecule has 0 saturated heterocycles. The van der Waals surface area contributed by atoms with Crippen molar-refractivity contribution in [3.05, 3.63) is 23.8 Å². The quantitative estimate of drug-likeness (QED) is 0.746. The Morgan fingerprint density at radius 2 is 2.29 bits per heavy atom. The Morgan fingerprint density at radius 3 is 2.86 bits per heavy atom. The minimum Gasteiger partial charge on any atom is -0.508 e. The monoisotopic (exact) mass is 194 g/mol. The average molecular weight is 194 g/mol. The van der Waals surface area contributed by atoms with Gasteiger partial charge in [-0.1, -0.05) is 6.92 Å². The van der Waals surface area contributed by atoms with Crippen LogP contribution >= 0.6 is 0 Å². The molecule has 3 nitrogen and oxygen atoms in total. The lowest BCUT2D eigenvalue weighted by atomic mass is 9.97. The van der Waals surface area contributed by atoms with E-state index in [-0.39, 0.29) is 11.7 Å². The zero-order chi connectivity index (χ0) is 10.6. The molecule has 1 unspecified atom stereocenters. The van der Waals surface area contributed by atoms with Gasteiger partial charge in [-0.15, -0.1) is 0 Å². The van der Waals surface area contributed by atoms with E-state index in [0.29, 0.717) is 12.2 Å². The van der Waals surface area contributed by atoms with E-state index >= 15 is 0 Å². The summed E-state index contributed by atoms with van der Waals surface area (Å²) in [7, 11) is 1.57. The number of ether oxygens (including phenoxy) is 1. The van der Waals surface area contributed by atoms with Crippen LogP contribution in [0.4, 0.5) is 0 Å². The van der Waals surface area contributed by atoms with Crippen molar-refractivity contribution in [1.29, 1.82) is 0 Å². The molecule has 1 aromatic carbocycles. The van der Waals surface area contributed by atoms with Crippen LogP contribution in [0.5, 0.6) is 11.5 Å². The van der Waals surface area contributed by atoms with Gasteiger partial charge in [-0.05, 0) is 24.1 Å². The third-order valence-corrected chi connectivity index (χ3v) is 2.19. The Morgan fingerprint density at radius 1 is 1.57 bits per heavy atom. The molecule has 0 fully saturated rings. The van der Waals surface area contributed by atoms with Crippen molar-refractivity contribution in [2.75, 3.05) is 7.11 Å². The summed E-state index contributed by atoms with van der Waals surface area (Å²) >= 11 is 0. The van der Waals surface area contributed by atoms with Gasteiger partial charge in [0, 0.05) is 12.0 Å². The van der Waals surface area contributed by atoms with E-state index in [0.717, 1.165) is 11.8 Å². The zero-order valence-electron chi connectivity index (χ0n) is 8.36. The predicted molar refractivity (Wildman–Crippen MR) is 53.8 cm³/mol. The van der Waals surface area contributed by atoms with Crippen molar-refractivity contribution in [3.8, 4) is 11.5 Å². The van der Waals surface area contributed by atoms with E-state index in [1.807, 2.05) is 6.92 Å². The van der Waals surface area contributed by atoms with Gasteiger partial charge in [0.05, 0.1) is 7.11 Å². The summed E-state index contributed by atoms with van der Waals surface area (Å²) in [5.74, 6) is 0.963. The first-order valence-electron chi connectivity index (χ1n) is 4.49. The molecular formula is C11H14O3. The minimum atomic E-state index is 0.0644. The van der Waals surface area contributed by atoms with E-state index in [4.69, 9.17) is 4.74 Å². The maximum Gasteiger partial charge on any atom is 0.122 e. The highest BCUT2D eigenvalue weighted by Gasteiger charge is 2.11. The standard InChI is InChI=1S/C11H14O3/c1-8(5-6-12)10-7-9(13)3-4-11(10)14-2/h3-4,6-8,13H,5H2,1-2H3. The highest BCUT2D eigenvalue weighted by Crippen LogP contribution is 2.31. The number of hydrogen-bond acceptors (Lipinski definition) is 3. The Bertz CT molecular complexity index is 320. The molecule has 0 aliphatic heterocycles. The van der Waals surface area contributed by atoms with Crippen LogP contribution in [0.1, 0.15) is 24.8 Å². The molecule has 1 atom stereocenters. The number of carbonyl (C=O) groups is 1. The molecule has 0 heterocycles. The molecule has 0 aliphatic rings. The Kier molecular flexibility index (Phi) is 3.51. The fourth-order valence-electron chi connectivity index (χ4n) is 1.38. The molecule has 1 N–H and O–H groups in total. The molecule has 1 aromatic rings. The van der Waals surface area contributed by atoms with Gasteiger partial charge in [-0.3, -0.25) is 0 Å². The number of phenolic OH excluding ortho intramolecular Hbond substituents is 1. The van der Waals surface area contributed by atoms with E-state index in [9.17, 15) is 9.90 Å². The third-order valence-electron chi connectivity index (χ3n) is 2.19. The first-order chi connectivity index (χ1) is 6.69. The van der Waals surface area contributed by atoms with Crippen LogP contribution in [0.15, 0.2) is 18.2 Å². The van der Waals surface area contributed by atoms with Crippen LogP contribution < -0.4 is 4.74 Å². The minimum absolute atomic E-state index is 0.0644. The van der Waals surface area contributed by atoms with Crippen molar-refractivity contribution < 1.29 is 14.6 Å². The Hall–Kier alpha value is -1.51. The van der Waals surface area contributed by atoms with Gasteiger partial charge in [0.1, 0.15) is 17.8 Å². The number of carbonyl (C=O) groups excluding carboxylic acids is 1. The first-order valence-corrected chi connectivity index (χ1v) is 4.49. The van der Waals surface area contributed by atoms with Crippen LogP contribution in [-0.4, -0.2) is 18.5 Å². The average Bonchev–Trinajstić information content (AvgIpc) is 2.18. The second-order valence-corrected chi connectivity index (χ2v) is 3.23. The van der Waals surface area contributed by atoms with Gasteiger partial charge in [0.15, 0.2) is 0 Å². The fraction of sp³-hybridized carbons (Fsp3) is 0.364. The number of aldehydes is 1. The number of methoxy groups -OCH3 is 1. The number of hydrogen-bond donors (Lipinski definition) is 1. The predicted octanol–water partition coefficient (Wildman–Crippen LogP) is 2.09. The van der Waals surface area contributed by atoms with Crippen molar-refractivity contribution in [2.24, 2.45) is 0 Å². The molecule has 0 spiro atoms. The molecule has 1 rings (SSSR count). The van der Waals surface area contributed by atoms with Crippen LogP contribution in [0.3, 0.4) is 0 Å². The normalized spacial score (nSPS) is 12.1. The number of phenols is 1. The van der Waals surface area contributed by atoms with Crippen LogP contribution in [0.25, 0.3) is 0 Å². The lowest BCUT2D eigenvalue weighted by molar-refractivity contribution is -0.108. The summed E-state index contributed by atoms with van der Waals surface area (Å²) in [6.07, 6.45) is 1.30. The van der Waals surface area contributed by atoms with Crippen LogP contribution in [0, 0.1) is 0 Å². The molecular weight excluding hydrogens is 180 g/mol. The highest BCUT2D eigenvalue weighted by atomic mass is 16.5. The van der Waals surface area contributed by atoms with E-state index < -0.39 is 0 Å². The first kappa shape index (κ1) is 10.6. The van der Waals surface area contributed by atoms with Crippen molar-refractivity contribution in [2.45, 2.75) is 19.3 Å². The molecule has 0 radical (unpaired) electrons. The summed E-state index contributed by atoms with van der Waals surface area (Å²) in [5, 5.41) is 9.31. The third kappa shape index (κ3) is 2.25. The maximum atomic E-state index is 10.4. The molecule has 0 bridgehead atoms. The van der Waals surface area contributed by atoms with Gasteiger partial charge >= 0.3 is 0 Å². The van der Waals surface area contributed by atoms with Gasteiger partial charge < -0.3 is 14.6 Å². The fourth-order valence-corrected chi connectivity index (χ4v) is 1.38. The van der Waals surface area contributed by atoms with Crippen molar-refractivity contribution in [3.63, 3.8) is 0 Å². The van der Waals surface area contributed by atoms with E-state index in [2.05, 4.69) is 0 Å². The molecule has 0 saturated carbocycles. The molecule has 0 aliphatic carbocycles. The molecule has 76 valence electrons. The second-order valence-electron chi connectivity index (χ2n) is 3.23. The Balaban J connectivity index is 3.02. The molecule has 14 heavy (non-hydrogen) atoms. The SMILES string of the molecule is COc1ccc(O)cc1C(C)CC=O. The number of aromatic hydroxyl groups is 1. The van der Waals surface area contributed by atoms with E-state index in [1.165, 1.54) is 0 Å². The lowest BCUT2D eigenvalue weighted by Crippen LogP contribution is -1.98. The van der Waals surface area contributed by atoms with Crippen molar-refractivity contribution >= 4 is 6.29 Å². The van der Waals surface area contributed by atoms with Crippen LogP contribution in [-0.2, 0) is 4.79 Å². The second kappa shape index (κ2) is 4.65. The summed E-state index contributed by atoms with van der Waals surface area (Å²) in [6.45, 7) is 1.92. The topological polar surface area (TPSA) is 46.5 Å². The largest absolute Gasteiger partial charge is 0.508 e. The lowest BCUT2D eigenvalue weighted by Gasteiger charge is -2.13. The summed E-state index contributed by atoms with van der Waals surface area (Å²) in [4.78, 5) is 10.4. The van der Waals surface area contributed by atoms with Crippen LogP contribution in [0.2, 0.25) is 0 Å². The maximum absolute atomic E-state index is 10.4. The smallest absolute Gasteiger partial charge is 0.122 e. The Labute approximate surface area is 83.3 Å². The van der Waals surface area contributed by atoms with Gasteiger partial charge in [-0.2, -0.15) is 0 Å². The number of rotatable bonds is 4. The summed E-state index contributed by atoms with van der Waals surface area (Å²) in [5.41, 5.74) is 0.861. The van der Waals surface area contributed by atoms with Gasteiger partial charge in [-0.25, -0.2) is 0 Å². The zero-order valence-corrected chi connectivity index (χ0v) is 8.36. The number of benzene rings is 1. The van der Waals surface area contributed by atoms with Crippen molar-refractivity contribution in [1.82, 2.24) is 0 Å². The molecule has 0 aromatic heterocycles. The molecule has 3 heteroatoms. The highest BCUT2D eigenvalue weighted by molar-refractivity contribution is 5.53. The molecule has 0 amide bonds.